The van der Waals surface area contributed by atoms with E-state index in [1.165, 1.54) is 12.1 Å². The summed E-state index contributed by atoms with van der Waals surface area (Å²) in [5, 5.41) is 1.28. The number of hydrogen-bond acceptors (Lipinski definition) is 3. The maximum atomic E-state index is 13.2. The quantitative estimate of drug-likeness (QED) is 0.397. The summed E-state index contributed by atoms with van der Waals surface area (Å²) < 4.78 is 18.8. The van der Waals surface area contributed by atoms with Gasteiger partial charge in [-0.05, 0) is 54.1 Å². The molecule has 0 radical (unpaired) electrons. The van der Waals surface area contributed by atoms with Crippen LogP contribution in [0.4, 0.5) is 4.39 Å². The molecule has 0 saturated heterocycles. The Labute approximate surface area is 166 Å². The van der Waals surface area contributed by atoms with Crippen LogP contribution in [0.5, 0.6) is 0 Å². The fourth-order valence-corrected chi connectivity index (χ4v) is 3.18. The summed E-state index contributed by atoms with van der Waals surface area (Å²) in [5.41, 5.74) is 3.17. The van der Waals surface area contributed by atoms with Gasteiger partial charge >= 0.3 is 5.97 Å². The number of halogens is 2. The van der Waals surface area contributed by atoms with E-state index in [4.69, 9.17) is 16.3 Å². The molecule has 0 spiro atoms. The number of nitrogens with zero attached hydrogens (tertiary/aromatic N) is 1. The lowest BCUT2D eigenvalue weighted by molar-refractivity contribution is 0.0475. The highest BCUT2D eigenvalue weighted by Gasteiger charge is 2.15. The first-order chi connectivity index (χ1) is 13.6. The lowest BCUT2D eigenvalue weighted by atomic mass is 10.0. The SMILES string of the molecule is O=C(OCc1cccc(Cl)c1)c1cc(-c2ccc(F)cc2)nc2ccccc12. The summed E-state index contributed by atoms with van der Waals surface area (Å²) in [5.74, 6) is -0.785. The van der Waals surface area contributed by atoms with Crippen LogP contribution in [0, 0.1) is 5.82 Å². The Morgan fingerprint density at radius 1 is 0.964 bits per heavy atom. The first-order valence-corrected chi connectivity index (χ1v) is 9.05. The van der Waals surface area contributed by atoms with Crippen LogP contribution >= 0.6 is 11.6 Å². The van der Waals surface area contributed by atoms with E-state index in [1.54, 1.807) is 36.4 Å². The van der Waals surface area contributed by atoms with Gasteiger partial charge in [-0.2, -0.15) is 0 Å². The van der Waals surface area contributed by atoms with Crippen molar-refractivity contribution in [3.63, 3.8) is 0 Å². The molecular weight excluding hydrogens is 377 g/mol. The zero-order valence-corrected chi connectivity index (χ0v) is 15.5. The van der Waals surface area contributed by atoms with E-state index in [-0.39, 0.29) is 12.4 Å². The molecule has 0 fully saturated rings. The van der Waals surface area contributed by atoms with E-state index in [0.717, 1.165) is 11.1 Å². The van der Waals surface area contributed by atoms with Crippen LogP contribution in [-0.2, 0) is 11.3 Å². The van der Waals surface area contributed by atoms with E-state index >= 15 is 0 Å². The lowest BCUT2D eigenvalue weighted by Gasteiger charge is -2.10. The zero-order valence-electron chi connectivity index (χ0n) is 14.7. The average Bonchev–Trinajstić information content (AvgIpc) is 2.72. The standard InChI is InChI=1S/C23H15ClFNO2/c24-17-5-3-4-15(12-17)14-28-23(27)20-13-22(16-8-10-18(25)11-9-16)26-21-7-2-1-6-19(20)21/h1-13H,14H2. The third-order valence-electron chi connectivity index (χ3n) is 4.34. The van der Waals surface area contributed by atoms with Crippen molar-refractivity contribution in [2.45, 2.75) is 6.61 Å². The molecule has 0 aliphatic heterocycles. The summed E-state index contributed by atoms with van der Waals surface area (Å²) in [6.07, 6.45) is 0. The van der Waals surface area contributed by atoms with Crippen LogP contribution in [0.2, 0.25) is 5.02 Å². The predicted octanol–water partition coefficient (Wildman–Crippen LogP) is 6.05. The summed E-state index contributed by atoms with van der Waals surface area (Å²) in [4.78, 5) is 17.4. The molecule has 1 aromatic heterocycles. The molecule has 28 heavy (non-hydrogen) atoms. The van der Waals surface area contributed by atoms with Gasteiger partial charge in [-0.25, -0.2) is 14.2 Å². The first kappa shape index (κ1) is 18.1. The number of carbonyl (C=O) groups is 1. The van der Waals surface area contributed by atoms with Crippen LogP contribution < -0.4 is 0 Å². The Bertz CT molecular complexity index is 1160. The second-order valence-electron chi connectivity index (χ2n) is 6.29. The highest BCUT2D eigenvalue weighted by atomic mass is 35.5. The van der Waals surface area contributed by atoms with Crippen molar-refractivity contribution in [1.82, 2.24) is 4.98 Å². The molecule has 4 aromatic rings. The molecule has 3 nitrogen and oxygen atoms in total. The zero-order chi connectivity index (χ0) is 19.5. The van der Waals surface area contributed by atoms with E-state index in [9.17, 15) is 9.18 Å². The van der Waals surface area contributed by atoms with E-state index in [0.29, 0.717) is 27.2 Å². The maximum Gasteiger partial charge on any atom is 0.339 e. The second-order valence-corrected chi connectivity index (χ2v) is 6.72. The van der Waals surface area contributed by atoms with Crippen LogP contribution in [0.1, 0.15) is 15.9 Å². The van der Waals surface area contributed by atoms with Crippen molar-refractivity contribution in [3.8, 4) is 11.3 Å². The van der Waals surface area contributed by atoms with E-state index in [2.05, 4.69) is 4.98 Å². The Balaban J connectivity index is 1.70. The Morgan fingerprint density at radius 3 is 2.54 bits per heavy atom. The maximum absolute atomic E-state index is 13.2. The molecule has 0 bridgehead atoms. The van der Waals surface area contributed by atoms with Gasteiger partial charge < -0.3 is 4.74 Å². The molecule has 0 unspecified atom stereocenters. The number of ether oxygens (including phenoxy) is 1. The minimum Gasteiger partial charge on any atom is -0.457 e. The molecular formula is C23H15ClFNO2. The number of hydrogen-bond donors (Lipinski definition) is 0. The molecule has 1 heterocycles. The van der Waals surface area contributed by atoms with E-state index < -0.39 is 5.97 Å². The van der Waals surface area contributed by atoms with Crippen molar-refractivity contribution in [2.24, 2.45) is 0 Å². The minimum atomic E-state index is -0.457. The van der Waals surface area contributed by atoms with Gasteiger partial charge in [-0.3, -0.25) is 0 Å². The molecule has 0 N–H and O–H groups in total. The van der Waals surface area contributed by atoms with Gasteiger partial charge in [-0.1, -0.05) is 41.9 Å². The summed E-state index contributed by atoms with van der Waals surface area (Å²) >= 11 is 5.98. The molecule has 0 aliphatic rings. The molecule has 5 heteroatoms. The van der Waals surface area contributed by atoms with E-state index in [1.807, 2.05) is 30.3 Å². The molecule has 138 valence electrons. The monoisotopic (exact) mass is 391 g/mol. The molecule has 0 saturated carbocycles. The average molecular weight is 392 g/mol. The van der Waals surface area contributed by atoms with Crippen molar-refractivity contribution in [3.05, 3.63) is 101 Å². The summed E-state index contributed by atoms with van der Waals surface area (Å²) in [7, 11) is 0. The van der Waals surface area contributed by atoms with Gasteiger partial charge in [0.25, 0.3) is 0 Å². The number of esters is 1. The fraction of sp³-hybridized carbons (Fsp3) is 0.0435. The first-order valence-electron chi connectivity index (χ1n) is 8.67. The van der Waals surface area contributed by atoms with Gasteiger partial charge in [-0.15, -0.1) is 0 Å². The molecule has 0 amide bonds. The van der Waals surface area contributed by atoms with Crippen LogP contribution in [0.15, 0.2) is 78.9 Å². The fourth-order valence-electron chi connectivity index (χ4n) is 2.97. The molecule has 3 aromatic carbocycles. The van der Waals surface area contributed by atoms with Gasteiger partial charge in [0.05, 0.1) is 16.8 Å². The molecule has 4 rings (SSSR count). The van der Waals surface area contributed by atoms with Crippen LogP contribution in [-0.4, -0.2) is 11.0 Å². The minimum absolute atomic E-state index is 0.113. The van der Waals surface area contributed by atoms with Gasteiger partial charge in [0.15, 0.2) is 0 Å². The van der Waals surface area contributed by atoms with Gasteiger partial charge in [0.2, 0.25) is 0 Å². The number of carbonyl (C=O) groups excluding carboxylic acids is 1. The Hall–Kier alpha value is -3.24. The topological polar surface area (TPSA) is 39.2 Å². The smallest absolute Gasteiger partial charge is 0.339 e. The summed E-state index contributed by atoms with van der Waals surface area (Å²) in [6.45, 7) is 0.113. The van der Waals surface area contributed by atoms with Crippen LogP contribution in [0.25, 0.3) is 22.2 Å². The summed E-state index contributed by atoms with van der Waals surface area (Å²) in [6, 6.07) is 22.2. The number of pyridine rings is 1. The number of fused-ring (bicyclic) bond motifs is 1. The second kappa shape index (κ2) is 7.79. The highest BCUT2D eigenvalue weighted by molar-refractivity contribution is 6.30. The number of rotatable bonds is 4. The van der Waals surface area contributed by atoms with Gasteiger partial charge in [0.1, 0.15) is 12.4 Å². The predicted molar refractivity (Wildman–Crippen MR) is 108 cm³/mol. The Morgan fingerprint density at radius 2 is 1.75 bits per heavy atom. The number of para-hydroxylation sites is 1. The van der Waals surface area contributed by atoms with Crippen molar-refractivity contribution in [2.75, 3.05) is 0 Å². The lowest BCUT2D eigenvalue weighted by Crippen LogP contribution is -2.07. The molecule has 0 atom stereocenters. The van der Waals surface area contributed by atoms with Gasteiger partial charge in [0, 0.05) is 16.0 Å². The third-order valence-corrected chi connectivity index (χ3v) is 4.57. The third kappa shape index (κ3) is 3.87. The normalized spacial score (nSPS) is 10.8. The molecule has 0 aliphatic carbocycles. The Kier molecular flexibility index (Phi) is 5.04. The number of aromatic nitrogens is 1. The number of benzene rings is 3. The van der Waals surface area contributed by atoms with Crippen molar-refractivity contribution < 1.29 is 13.9 Å². The largest absolute Gasteiger partial charge is 0.457 e. The van der Waals surface area contributed by atoms with Crippen molar-refractivity contribution in [1.29, 1.82) is 0 Å². The van der Waals surface area contributed by atoms with Crippen molar-refractivity contribution >= 4 is 28.5 Å². The van der Waals surface area contributed by atoms with Crippen LogP contribution in [0.3, 0.4) is 0 Å². The highest BCUT2D eigenvalue weighted by Crippen LogP contribution is 2.26.